The van der Waals surface area contributed by atoms with E-state index >= 15 is 0 Å². The maximum atomic E-state index is 6.26. The Labute approximate surface area is 138 Å². The van der Waals surface area contributed by atoms with Crippen LogP contribution in [0.15, 0.2) is 23.8 Å². The molecule has 0 fully saturated rings. The number of nitrogens with zero attached hydrogens (tertiary/aromatic N) is 3. The van der Waals surface area contributed by atoms with Gasteiger partial charge >= 0.3 is 139 Å². The molecule has 21 heavy (non-hydrogen) atoms. The van der Waals surface area contributed by atoms with E-state index in [1.54, 1.807) is 0 Å². The zero-order valence-electron chi connectivity index (χ0n) is 12.6. The van der Waals surface area contributed by atoms with Crippen molar-refractivity contribution in [1.29, 1.82) is 0 Å². The van der Waals surface area contributed by atoms with Crippen molar-refractivity contribution in [2.24, 2.45) is 0 Å². The number of benzene rings is 1. The van der Waals surface area contributed by atoms with Crippen LogP contribution in [0.5, 0.6) is 0 Å². The van der Waals surface area contributed by atoms with Crippen LogP contribution >= 0.6 is 11.6 Å². The summed E-state index contributed by atoms with van der Waals surface area (Å²) < 4.78 is 3.23. The van der Waals surface area contributed by atoms with Gasteiger partial charge in [0.15, 0.2) is 0 Å². The van der Waals surface area contributed by atoms with Gasteiger partial charge in [-0.2, -0.15) is 0 Å². The summed E-state index contributed by atoms with van der Waals surface area (Å²) in [6.45, 7) is 9.40. The zero-order valence-corrected chi connectivity index (χ0v) is 15.0. The van der Waals surface area contributed by atoms with Crippen molar-refractivity contribution in [3.05, 3.63) is 34.4 Å². The molecule has 1 atom stereocenters. The SMILES string of the molecule is CC(C)=CCN1Cc2cc(Cl)cc3nc([Se])n(c23)C[C@@H]1C. The Bertz CT molecular complexity index is 716. The summed E-state index contributed by atoms with van der Waals surface area (Å²) in [6.07, 6.45) is 2.29. The summed E-state index contributed by atoms with van der Waals surface area (Å²) in [7, 11) is 0. The van der Waals surface area contributed by atoms with Crippen molar-refractivity contribution in [3.63, 3.8) is 0 Å². The van der Waals surface area contributed by atoms with E-state index in [0.29, 0.717) is 6.04 Å². The minimum atomic E-state index is 0.455. The van der Waals surface area contributed by atoms with Crippen LogP contribution in [-0.2, 0) is 13.1 Å². The molecule has 0 aliphatic carbocycles. The Hall–Kier alpha value is -0.801. The molecule has 1 radical (unpaired) electrons. The number of imidazole rings is 1. The number of aromatic nitrogens is 2. The van der Waals surface area contributed by atoms with Crippen LogP contribution in [-0.4, -0.2) is 43.1 Å². The molecule has 0 spiro atoms. The molecule has 1 aliphatic heterocycles. The number of hydrogen-bond donors (Lipinski definition) is 0. The molecule has 1 aromatic heterocycles. The summed E-state index contributed by atoms with van der Waals surface area (Å²) in [5.74, 6) is 0. The van der Waals surface area contributed by atoms with Crippen LogP contribution < -0.4 is 4.72 Å². The topological polar surface area (TPSA) is 21.1 Å². The van der Waals surface area contributed by atoms with Gasteiger partial charge < -0.3 is 0 Å². The molecule has 1 aromatic carbocycles. The first-order chi connectivity index (χ1) is 9.95. The van der Waals surface area contributed by atoms with Crippen molar-refractivity contribution < 1.29 is 0 Å². The van der Waals surface area contributed by atoms with Gasteiger partial charge in [-0.3, -0.25) is 0 Å². The Morgan fingerprint density at radius 2 is 2.24 bits per heavy atom. The normalized spacial score (nSPS) is 18.8. The average molecular weight is 368 g/mol. The average Bonchev–Trinajstić information content (AvgIpc) is 2.61. The summed E-state index contributed by atoms with van der Waals surface area (Å²) in [6, 6.07) is 4.49. The summed E-state index contributed by atoms with van der Waals surface area (Å²) in [5.41, 5.74) is 4.83. The maximum absolute atomic E-state index is 6.26. The zero-order chi connectivity index (χ0) is 15.1. The first-order valence-corrected chi connectivity index (χ1v) is 8.42. The van der Waals surface area contributed by atoms with E-state index in [4.69, 9.17) is 11.6 Å². The van der Waals surface area contributed by atoms with Crippen molar-refractivity contribution in [1.82, 2.24) is 14.5 Å². The van der Waals surface area contributed by atoms with E-state index in [0.717, 1.165) is 34.9 Å². The predicted molar refractivity (Wildman–Crippen MR) is 89.4 cm³/mol. The fourth-order valence-corrected chi connectivity index (χ4v) is 3.67. The fourth-order valence-electron chi connectivity index (χ4n) is 2.88. The van der Waals surface area contributed by atoms with E-state index < -0.39 is 0 Å². The van der Waals surface area contributed by atoms with Crippen LogP contribution in [0.4, 0.5) is 0 Å². The van der Waals surface area contributed by atoms with Gasteiger partial charge in [-0.05, 0) is 0 Å². The summed E-state index contributed by atoms with van der Waals surface area (Å²) >= 11 is 9.35. The second-order valence-electron chi connectivity index (χ2n) is 6.00. The molecule has 2 heterocycles. The number of allylic oxidation sites excluding steroid dienone is 1. The first kappa shape index (κ1) is 15.1. The molecular weight excluding hydrogens is 349 g/mol. The first-order valence-electron chi connectivity index (χ1n) is 7.19. The molecule has 0 bridgehead atoms. The second kappa shape index (κ2) is 5.77. The molecule has 111 valence electrons. The predicted octanol–water partition coefficient (Wildman–Crippen LogP) is 2.65. The van der Waals surface area contributed by atoms with E-state index in [1.807, 2.05) is 6.07 Å². The molecule has 0 unspecified atom stereocenters. The van der Waals surface area contributed by atoms with Crippen LogP contribution in [0.25, 0.3) is 11.0 Å². The minimum absolute atomic E-state index is 0.455. The molecule has 0 saturated heterocycles. The van der Waals surface area contributed by atoms with Gasteiger partial charge in [0.05, 0.1) is 0 Å². The summed E-state index contributed by atoms with van der Waals surface area (Å²) in [5, 5.41) is 0.763. The Kier molecular flexibility index (Phi) is 4.15. The molecule has 1 aliphatic rings. The molecule has 0 saturated carbocycles. The van der Waals surface area contributed by atoms with Crippen LogP contribution in [0.1, 0.15) is 26.3 Å². The molecule has 3 nitrogen and oxygen atoms in total. The fraction of sp³-hybridized carbons (Fsp3) is 0.438. The van der Waals surface area contributed by atoms with E-state index in [9.17, 15) is 0 Å². The van der Waals surface area contributed by atoms with Crippen LogP contribution in [0.3, 0.4) is 0 Å². The van der Waals surface area contributed by atoms with Crippen molar-refractivity contribution in [2.75, 3.05) is 6.54 Å². The Morgan fingerprint density at radius 3 is 2.95 bits per heavy atom. The van der Waals surface area contributed by atoms with Gasteiger partial charge in [-0.1, -0.05) is 0 Å². The summed E-state index contributed by atoms with van der Waals surface area (Å²) in [4.78, 5) is 7.10. The second-order valence-corrected chi connectivity index (χ2v) is 7.20. The van der Waals surface area contributed by atoms with Gasteiger partial charge in [0.25, 0.3) is 0 Å². The molecule has 0 amide bonds. The number of hydrogen-bond acceptors (Lipinski definition) is 2. The van der Waals surface area contributed by atoms with Crippen LogP contribution in [0.2, 0.25) is 5.02 Å². The van der Waals surface area contributed by atoms with Gasteiger partial charge in [-0.15, -0.1) is 0 Å². The number of rotatable bonds is 2. The van der Waals surface area contributed by atoms with Crippen molar-refractivity contribution in [2.45, 2.75) is 39.9 Å². The Morgan fingerprint density at radius 1 is 1.48 bits per heavy atom. The molecule has 2 aromatic rings. The van der Waals surface area contributed by atoms with Gasteiger partial charge in [-0.25, -0.2) is 0 Å². The monoisotopic (exact) mass is 368 g/mol. The third kappa shape index (κ3) is 2.91. The molecule has 0 N–H and O–H groups in total. The van der Waals surface area contributed by atoms with Crippen molar-refractivity contribution in [3.8, 4) is 0 Å². The molecule has 3 rings (SSSR count). The molecule has 5 heteroatoms. The van der Waals surface area contributed by atoms with E-state index in [-0.39, 0.29) is 0 Å². The molecular formula is C16H19ClN3Se. The van der Waals surface area contributed by atoms with Gasteiger partial charge in [0.2, 0.25) is 0 Å². The van der Waals surface area contributed by atoms with Gasteiger partial charge in [0, 0.05) is 0 Å². The Balaban J connectivity index is 2.07. The standard InChI is InChI=1S/C16H19ClN3Se/c1-10(2)4-5-19-9-12-6-13(17)7-14-15(12)20(8-11(19)3)16(21)18-14/h4,6-7,11H,5,8-9H2,1-3H3/t11-/m0/s1. The third-order valence-electron chi connectivity index (χ3n) is 4.03. The van der Waals surface area contributed by atoms with Gasteiger partial charge in [0.1, 0.15) is 0 Å². The van der Waals surface area contributed by atoms with E-state index in [1.165, 1.54) is 16.7 Å². The number of halogens is 1. The van der Waals surface area contributed by atoms with Crippen LogP contribution in [0, 0.1) is 0 Å². The van der Waals surface area contributed by atoms with E-state index in [2.05, 4.69) is 63.4 Å². The third-order valence-corrected chi connectivity index (χ3v) is 4.90. The quantitative estimate of drug-likeness (QED) is 0.601. The van der Waals surface area contributed by atoms with Crippen molar-refractivity contribution >= 4 is 43.4 Å².